The molecule has 0 radical (unpaired) electrons. The predicted molar refractivity (Wildman–Crippen MR) is 104 cm³/mol. The van der Waals surface area contributed by atoms with Crippen molar-refractivity contribution in [1.82, 2.24) is 9.88 Å². The van der Waals surface area contributed by atoms with E-state index >= 15 is 0 Å². The summed E-state index contributed by atoms with van der Waals surface area (Å²) in [6, 6.07) is 12.4. The minimum atomic E-state index is -0.380. The number of pyridine rings is 1. The molecule has 1 fully saturated rings. The highest BCUT2D eigenvalue weighted by Crippen LogP contribution is 2.19. The maximum atomic E-state index is 12.6. The number of hydrogen-bond donors (Lipinski definition) is 1. The quantitative estimate of drug-likeness (QED) is 0.876. The van der Waals surface area contributed by atoms with E-state index in [0.29, 0.717) is 44.0 Å². The first kappa shape index (κ1) is 19.2. The monoisotopic (exact) mass is 379 g/mol. The fourth-order valence-electron chi connectivity index (χ4n) is 2.98. The van der Waals surface area contributed by atoms with Crippen molar-refractivity contribution in [2.24, 2.45) is 0 Å². The minimum Gasteiger partial charge on any atom is -0.450 e. The third-order valence-electron chi connectivity index (χ3n) is 4.44. The molecule has 2 aromatic rings. The third-order valence-corrected chi connectivity index (χ3v) is 4.44. The van der Waals surface area contributed by atoms with E-state index < -0.39 is 0 Å². The van der Waals surface area contributed by atoms with Gasteiger partial charge in [0.1, 0.15) is 11.8 Å². The molecule has 3 rings (SSSR count). The van der Waals surface area contributed by atoms with Gasteiger partial charge in [-0.1, -0.05) is 12.1 Å². The molecule has 0 spiro atoms. The summed E-state index contributed by atoms with van der Waals surface area (Å²) in [5.41, 5.74) is 1.96. The van der Waals surface area contributed by atoms with Gasteiger partial charge in [0.2, 0.25) is 0 Å². The molecule has 0 atom stereocenters. The molecule has 2 heterocycles. The Kier molecular flexibility index (Phi) is 6.07. The second-order valence-corrected chi connectivity index (χ2v) is 6.18. The van der Waals surface area contributed by atoms with E-state index in [2.05, 4.69) is 21.3 Å². The van der Waals surface area contributed by atoms with Crippen LogP contribution in [0, 0.1) is 11.3 Å². The van der Waals surface area contributed by atoms with E-state index in [4.69, 9.17) is 10.00 Å². The van der Waals surface area contributed by atoms with Gasteiger partial charge in [0, 0.05) is 38.1 Å². The Morgan fingerprint density at radius 1 is 1.21 bits per heavy atom. The maximum absolute atomic E-state index is 12.6. The van der Waals surface area contributed by atoms with Gasteiger partial charge in [0.15, 0.2) is 0 Å². The molecule has 1 saturated heterocycles. The molecule has 1 aliphatic heterocycles. The molecule has 0 unspecified atom stereocenters. The number of rotatable bonds is 4. The van der Waals surface area contributed by atoms with Crippen molar-refractivity contribution < 1.29 is 14.3 Å². The zero-order valence-electron chi connectivity index (χ0n) is 15.6. The largest absolute Gasteiger partial charge is 0.450 e. The Labute approximate surface area is 163 Å². The molecule has 8 heteroatoms. The zero-order valence-corrected chi connectivity index (χ0v) is 15.6. The van der Waals surface area contributed by atoms with Gasteiger partial charge in [-0.05, 0) is 31.2 Å². The number of carbonyl (C=O) groups excluding carboxylic acids is 2. The lowest BCUT2D eigenvalue weighted by Crippen LogP contribution is -2.49. The fraction of sp³-hybridized carbons (Fsp3) is 0.300. The maximum Gasteiger partial charge on any atom is 0.409 e. The van der Waals surface area contributed by atoms with Crippen molar-refractivity contribution in [1.29, 1.82) is 5.26 Å². The summed E-state index contributed by atoms with van der Waals surface area (Å²) in [5, 5.41) is 11.9. The van der Waals surface area contributed by atoms with Crippen molar-refractivity contribution in [3.05, 3.63) is 53.9 Å². The Bertz CT molecular complexity index is 901. The van der Waals surface area contributed by atoms with E-state index in [-0.39, 0.29) is 17.7 Å². The highest BCUT2D eigenvalue weighted by atomic mass is 16.6. The van der Waals surface area contributed by atoms with Gasteiger partial charge in [-0.15, -0.1) is 0 Å². The van der Waals surface area contributed by atoms with Gasteiger partial charge >= 0.3 is 6.09 Å². The van der Waals surface area contributed by atoms with Crippen LogP contribution < -0.4 is 10.2 Å². The number of nitrogens with zero attached hydrogens (tertiary/aromatic N) is 4. The number of amides is 2. The van der Waals surface area contributed by atoms with Crippen LogP contribution in [0.2, 0.25) is 0 Å². The van der Waals surface area contributed by atoms with Gasteiger partial charge in [0.25, 0.3) is 5.91 Å². The smallest absolute Gasteiger partial charge is 0.409 e. The highest BCUT2D eigenvalue weighted by Gasteiger charge is 2.22. The highest BCUT2D eigenvalue weighted by molar-refractivity contribution is 6.04. The Morgan fingerprint density at radius 3 is 2.68 bits per heavy atom. The average Bonchev–Trinajstić information content (AvgIpc) is 2.74. The number of nitrogens with one attached hydrogen (secondary N) is 1. The van der Waals surface area contributed by atoms with E-state index in [0.717, 1.165) is 5.69 Å². The number of carbonyl (C=O) groups is 2. The van der Waals surface area contributed by atoms with E-state index in [1.807, 2.05) is 6.07 Å². The van der Waals surface area contributed by atoms with Crippen LogP contribution in [0.15, 0.2) is 42.6 Å². The van der Waals surface area contributed by atoms with Gasteiger partial charge in [-0.2, -0.15) is 5.26 Å². The third kappa shape index (κ3) is 4.38. The molecular weight excluding hydrogens is 358 g/mol. The molecule has 2 amide bonds. The molecule has 1 aromatic carbocycles. The molecule has 1 aliphatic rings. The van der Waals surface area contributed by atoms with Crippen LogP contribution in [0.25, 0.3) is 0 Å². The van der Waals surface area contributed by atoms with Crippen LogP contribution in [0.4, 0.5) is 16.2 Å². The molecule has 1 aromatic heterocycles. The molecule has 1 N–H and O–H groups in total. The van der Waals surface area contributed by atoms with Crippen molar-refractivity contribution in [3.63, 3.8) is 0 Å². The van der Waals surface area contributed by atoms with Gasteiger partial charge in [-0.3, -0.25) is 9.78 Å². The number of nitriles is 1. The first-order chi connectivity index (χ1) is 13.6. The molecule has 0 saturated carbocycles. The van der Waals surface area contributed by atoms with Gasteiger partial charge in [0.05, 0.1) is 17.9 Å². The van der Waals surface area contributed by atoms with Crippen LogP contribution in [0.3, 0.4) is 0 Å². The van der Waals surface area contributed by atoms with Crippen molar-refractivity contribution in [3.8, 4) is 6.07 Å². The Balaban J connectivity index is 1.67. The second kappa shape index (κ2) is 8.86. The standard InChI is InChI=1S/C20H21N5O3/c1-2-28-20(27)25-11-9-24(10-12-25)16-7-8-22-18(13-16)19(26)23-17-6-4-3-5-15(17)14-21/h3-8,13H,2,9-12H2,1H3,(H,23,26). The van der Waals surface area contributed by atoms with Crippen LogP contribution >= 0.6 is 0 Å². The Hall–Kier alpha value is -3.60. The number of piperazine rings is 1. The van der Waals surface area contributed by atoms with Crippen LogP contribution in [-0.2, 0) is 4.74 Å². The summed E-state index contributed by atoms with van der Waals surface area (Å²) >= 11 is 0. The SMILES string of the molecule is CCOC(=O)N1CCN(c2ccnc(C(=O)Nc3ccccc3C#N)c2)CC1. The van der Waals surface area contributed by atoms with Crippen LogP contribution in [0.1, 0.15) is 23.0 Å². The number of benzene rings is 1. The summed E-state index contributed by atoms with van der Waals surface area (Å²) in [7, 11) is 0. The molecule has 0 bridgehead atoms. The van der Waals surface area contributed by atoms with Gasteiger partial charge < -0.3 is 19.9 Å². The number of hydrogen-bond acceptors (Lipinski definition) is 6. The van der Waals surface area contributed by atoms with Crippen LogP contribution in [0.5, 0.6) is 0 Å². The molecule has 144 valence electrons. The van der Waals surface area contributed by atoms with E-state index in [1.165, 1.54) is 0 Å². The zero-order chi connectivity index (χ0) is 19.9. The average molecular weight is 379 g/mol. The van der Waals surface area contributed by atoms with E-state index in [9.17, 15) is 9.59 Å². The number of anilines is 2. The summed E-state index contributed by atoms with van der Waals surface area (Å²) in [5.74, 6) is -0.380. The molecule has 28 heavy (non-hydrogen) atoms. The molecule has 8 nitrogen and oxygen atoms in total. The first-order valence-electron chi connectivity index (χ1n) is 9.05. The van der Waals surface area contributed by atoms with Crippen molar-refractivity contribution >= 4 is 23.4 Å². The summed E-state index contributed by atoms with van der Waals surface area (Å²) in [4.78, 5) is 32.3. The normalized spacial score (nSPS) is 13.6. The lowest BCUT2D eigenvalue weighted by Gasteiger charge is -2.35. The summed E-state index contributed by atoms with van der Waals surface area (Å²) in [6.45, 7) is 4.53. The Morgan fingerprint density at radius 2 is 1.96 bits per heavy atom. The summed E-state index contributed by atoms with van der Waals surface area (Å²) < 4.78 is 5.03. The second-order valence-electron chi connectivity index (χ2n) is 6.18. The fourth-order valence-corrected chi connectivity index (χ4v) is 2.98. The number of para-hydroxylation sites is 1. The lowest BCUT2D eigenvalue weighted by molar-refractivity contribution is 0.102. The predicted octanol–water partition coefficient (Wildman–Crippen LogP) is 2.48. The summed E-state index contributed by atoms with van der Waals surface area (Å²) in [6.07, 6.45) is 1.28. The lowest BCUT2D eigenvalue weighted by atomic mass is 10.2. The first-order valence-corrected chi connectivity index (χ1v) is 9.05. The van der Waals surface area contributed by atoms with E-state index in [1.54, 1.807) is 48.4 Å². The topological polar surface area (TPSA) is 98.6 Å². The van der Waals surface area contributed by atoms with Crippen molar-refractivity contribution in [2.75, 3.05) is 43.0 Å². The van der Waals surface area contributed by atoms with Crippen molar-refractivity contribution in [2.45, 2.75) is 6.92 Å². The minimum absolute atomic E-state index is 0.262. The molecular formula is C20H21N5O3. The van der Waals surface area contributed by atoms with Crippen LogP contribution in [-0.4, -0.2) is 54.7 Å². The number of ether oxygens (including phenoxy) is 1. The van der Waals surface area contributed by atoms with Gasteiger partial charge in [-0.25, -0.2) is 4.79 Å². The molecule has 0 aliphatic carbocycles. The number of aromatic nitrogens is 1.